The fourth-order valence-corrected chi connectivity index (χ4v) is 3.14. The molecule has 27 heavy (non-hydrogen) atoms. The quantitative estimate of drug-likeness (QED) is 0.639. The minimum absolute atomic E-state index is 0.0432. The fourth-order valence-electron chi connectivity index (χ4n) is 2.85. The molecule has 1 aromatic carbocycles. The van der Waals surface area contributed by atoms with Crippen molar-refractivity contribution in [3.05, 3.63) is 77.0 Å². The number of nitrogens with zero attached hydrogens (tertiary/aromatic N) is 2. The Balaban J connectivity index is 0.000000157. The van der Waals surface area contributed by atoms with Crippen molar-refractivity contribution in [2.24, 2.45) is 0 Å². The van der Waals surface area contributed by atoms with E-state index < -0.39 is 0 Å². The van der Waals surface area contributed by atoms with Gasteiger partial charge < -0.3 is 5.32 Å². The van der Waals surface area contributed by atoms with E-state index in [0.717, 1.165) is 13.1 Å². The predicted molar refractivity (Wildman–Crippen MR) is 108 cm³/mol. The summed E-state index contributed by atoms with van der Waals surface area (Å²) in [4.78, 5) is 11.0. The largest absolute Gasteiger partial charge is 0.326 e. The van der Waals surface area contributed by atoms with E-state index in [0.29, 0.717) is 22.2 Å². The molecule has 4 nitrogen and oxygen atoms in total. The van der Waals surface area contributed by atoms with E-state index in [1.54, 1.807) is 25.1 Å². The van der Waals surface area contributed by atoms with Crippen LogP contribution in [0.25, 0.3) is 11.4 Å². The van der Waals surface area contributed by atoms with Crippen LogP contribution in [0.1, 0.15) is 13.3 Å². The van der Waals surface area contributed by atoms with Crippen molar-refractivity contribution >= 4 is 34.8 Å². The molecule has 0 aliphatic carbocycles. The number of anilines is 1. The summed E-state index contributed by atoms with van der Waals surface area (Å²) in [6.45, 7) is 3.92. The number of carbonyl (C=O) groups excluding carboxylic acids is 1. The smallest absolute Gasteiger partial charge is 0.277 e. The van der Waals surface area contributed by atoms with Crippen LogP contribution in [0, 0.1) is 0 Å². The molecular weight excluding hydrogens is 381 g/mol. The normalized spacial score (nSPS) is 11.5. The number of carbonyl (C=O) groups is 1. The highest BCUT2D eigenvalue weighted by atomic mass is 35.5. The lowest BCUT2D eigenvalue weighted by molar-refractivity contribution is -0.794. The van der Waals surface area contributed by atoms with Crippen LogP contribution in [0.15, 0.2) is 67.0 Å². The Morgan fingerprint density at radius 3 is 2.04 bits per heavy atom. The maximum absolute atomic E-state index is 11.0. The summed E-state index contributed by atoms with van der Waals surface area (Å²) < 4.78 is 4.60. The van der Waals surface area contributed by atoms with Crippen molar-refractivity contribution in [2.75, 3.05) is 5.32 Å². The van der Waals surface area contributed by atoms with Crippen molar-refractivity contribution in [1.82, 2.24) is 0 Å². The number of amides is 1. The zero-order valence-corrected chi connectivity index (χ0v) is 16.5. The number of fused-ring (bicyclic) bond motifs is 3. The summed E-state index contributed by atoms with van der Waals surface area (Å²) in [6, 6.07) is 17.7. The summed E-state index contributed by atoms with van der Waals surface area (Å²) in [6.07, 6.45) is 4.73. The first-order valence-corrected chi connectivity index (χ1v) is 9.56. The van der Waals surface area contributed by atoms with Crippen LogP contribution in [0.5, 0.6) is 0 Å². The number of rotatable bonds is 2. The van der Waals surface area contributed by atoms with E-state index in [1.165, 1.54) is 11.4 Å². The summed E-state index contributed by atoms with van der Waals surface area (Å²) in [7, 11) is 0. The van der Waals surface area contributed by atoms with Crippen LogP contribution >= 0.6 is 23.2 Å². The molecule has 0 bridgehead atoms. The van der Waals surface area contributed by atoms with Crippen molar-refractivity contribution < 1.29 is 13.9 Å². The first-order chi connectivity index (χ1) is 13.1. The van der Waals surface area contributed by atoms with Crippen LogP contribution in [0.4, 0.5) is 5.69 Å². The second-order valence-electron chi connectivity index (χ2n) is 6.09. The summed E-state index contributed by atoms with van der Waals surface area (Å²) in [5.41, 5.74) is 3.28. The third-order valence-electron chi connectivity index (χ3n) is 4.25. The molecule has 1 amide bonds. The highest BCUT2D eigenvalue weighted by Crippen LogP contribution is 2.24. The lowest BCUT2D eigenvalue weighted by atomic mass is 10.2. The van der Waals surface area contributed by atoms with Crippen LogP contribution < -0.4 is 14.5 Å². The molecule has 0 unspecified atom stereocenters. The number of pyridine rings is 2. The summed E-state index contributed by atoms with van der Waals surface area (Å²) in [5.74, 6) is -0.0432. The van der Waals surface area contributed by atoms with E-state index in [9.17, 15) is 4.79 Å². The van der Waals surface area contributed by atoms with E-state index in [4.69, 9.17) is 23.2 Å². The average Bonchev–Trinajstić information content (AvgIpc) is 2.71. The molecule has 1 N–H and O–H groups in total. The fraction of sp³-hybridized carbons (Fsp3) is 0.190. The maximum atomic E-state index is 11.0. The van der Waals surface area contributed by atoms with Crippen molar-refractivity contribution in [2.45, 2.75) is 26.4 Å². The molecule has 1 aliphatic heterocycles. The van der Waals surface area contributed by atoms with Crippen LogP contribution in [-0.4, -0.2) is 5.91 Å². The molecule has 138 valence electrons. The monoisotopic (exact) mass is 401 g/mol. The van der Waals surface area contributed by atoms with Gasteiger partial charge in [-0.05, 0) is 30.3 Å². The number of hydrogen-bond donors (Lipinski definition) is 1. The topological polar surface area (TPSA) is 36.9 Å². The van der Waals surface area contributed by atoms with Crippen molar-refractivity contribution in [3.63, 3.8) is 0 Å². The third kappa shape index (κ3) is 4.85. The molecule has 1 aliphatic rings. The number of aromatic nitrogens is 2. The molecule has 0 saturated heterocycles. The Hall–Kier alpha value is -2.43. The molecular formula is C21H21Cl2N3O+2. The van der Waals surface area contributed by atoms with Gasteiger partial charge in [0.2, 0.25) is 19.0 Å². The standard InChI is InChI=1S/C12H12N2.C9H9Cl2NO/c1-3-7-13-9-10-14-8-4-2-6-12(14)11(13)5-1;1-2-9(13)12-6-3-4-7(10)8(11)5-6/h1-8H,9-10H2;3-5H,2H2,1H3,(H,12,13)/q+2;. The zero-order chi connectivity index (χ0) is 19.2. The minimum Gasteiger partial charge on any atom is -0.326 e. The molecule has 3 heterocycles. The third-order valence-corrected chi connectivity index (χ3v) is 4.99. The first-order valence-electron chi connectivity index (χ1n) is 8.80. The lowest BCUT2D eigenvalue weighted by Crippen LogP contribution is -2.52. The van der Waals surface area contributed by atoms with Crippen molar-refractivity contribution in [3.8, 4) is 11.4 Å². The van der Waals surface area contributed by atoms with E-state index >= 15 is 0 Å². The Kier molecular flexibility index (Phi) is 6.43. The molecule has 6 heteroatoms. The van der Waals surface area contributed by atoms with Gasteiger partial charge in [-0.15, -0.1) is 0 Å². The number of aryl methyl sites for hydroxylation is 2. The second kappa shape index (κ2) is 8.98. The van der Waals surface area contributed by atoms with Gasteiger partial charge in [-0.2, -0.15) is 9.13 Å². The van der Waals surface area contributed by atoms with Crippen molar-refractivity contribution in [1.29, 1.82) is 0 Å². The zero-order valence-electron chi connectivity index (χ0n) is 15.0. The predicted octanol–water partition coefficient (Wildman–Crippen LogP) is 4.28. The Bertz CT molecular complexity index is 914. The Labute approximate surface area is 169 Å². The van der Waals surface area contributed by atoms with Gasteiger partial charge >= 0.3 is 0 Å². The first kappa shape index (κ1) is 19.3. The highest BCUT2D eigenvalue weighted by Gasteiger charge is 2.27. The molecule has 0 radical (unpaired) electrons. The van der Waals surface area contributed by atoms with Crippen LogP contribution in [-0.2, 0) is 17.9 Å². The van der Waals surface area contributed by atoms with E-state index in [1.807, 2.05) is 0 Å². The Morgan fingerprint density at radius 1 is 0.926 bits per heavy atom. The molecule has 0 spiro atoms. The van der Waals surface area contributed by atoms with Gasteiger partial charge in [0.15, 0.2) is 12.4 Å². The number of hydrogen-bond acceptors (Lipinski definition) is 1. The van der Waals surface area contributed by atoms with Gasteiger partial charge in [-0.25, -0.2) is 0 Å². The highest BCUT2D eigenvalue weighted by molar-refractivity contribution is 6.42. The lowest BCUT2D eigenvalue weighted by Gasteiger charge is -2.08. The maximum Gasteiger partial charge on any atom is 0.277 e. The molecule has 0 fully saturated rings. The second-order valence-corrected chi connectivity index (χ2v) is 6.90. The molecule has 3 aromatic rings. The SMILES string of the molecule is CCC(=O)Nc1ccc(Cl)c(Cl)c1.c1cc[n+]2c(c1)-c1cccc[n+]1CC2. The number of halogens is 2. The average molecular weight is 402 g/mol. The molecule has 2 aromatic heterocycles. The van der Waals surface area contributed by atoms with E-state index in [2.05, 4.69) is 63.2 Å². The van der Waals surface area contributed by atoms with Gasteiger partial charge in [0.05, 0.1) is 10.0 Å². The molecule has 4 rings (SSSR count). The molecule has 0 atom stereocenters. The van der Waals surface area contributed by atoms with Gasteiger partial charge in [0.25, 0.3) is 11.4 Å². The van der Waals surface area contributed by atoms with Crippen LogP contribution in [0.3, 0.4) is 0 Å². The number of nitrogens with one attached hydrogen (secondary N) is 1. The van der Waals surface area contributed by atoms with Crippen LogP contribution in [0.2, 0.25) is 10.0 Å². The molecule has 0 saturated carbocycles. The van der Waals surface area contributed by atoms with Gasteiger partial charge in [-0.1, -0.05) is 30.1 Å². The van der Waals surface area contributed by atoms with E-state index in [-0.39, 0.29) is 5.91 Å². The van der Waals surface area contributed by atoms with Gasteiger partial charge in [0.1, 0.15) is 0 Å². The van der Waals surface area contributed by atoms with Gasteiger partial charge in [-0.3, -0.25) is 4.79 Å². The Morgan fingerprint density at radius 2 is 1.52 bits per heavy atom. The minimum atomic E-state index is -0.0432. The van der Waals surface area contributed by atoms with Gasteiger partial charge in [0, 0.05) is 36.4 Å². The summed E-state index contributed by atoms with van der Waals surface area (Å²) in [5, 5.41) is 3.60. The summed E-state index contributed by atoms with van der Waals surface area (Å²) >= 11 is 11.5. The number of benzene rings is 1.